The van der Waals surface area contributed by atoms with Gasteiger partial charge in [0.15, 0.2) is 0 Å². The molecule has 0 radical (unpaired) electrons. The molecule has 4 saturated carbocycles. The lowest BCUT2D eigenvalue weighted by Gasteiger charge is -2.58. The Morgan fingerprint density at radius 1 is 1.30 bits per heavy atom. The molecule has 4 bridgehead atoms. The molecule has 2 amide bonds. The third-order valence-corrected chi connectivity index (χ3v) is 7.53. The number of hydrogen-bond donors (Lipinski definition) is 3. The number of carbonyl (C=O) groups is 2. The van der Waals surface area contributed by atoms with Crippen molar-refractivity contribution in [3.8, 4) is 5.88 Å². The Morgan fingerprint density at radius 3 is 2.55 bits per heavy atom. The predicted octanol–water partition coefficient (Wildman–Crippen LogP) is 2.83. The van der Waals surface area contributed by atoms with Crippen LogP contribution in [0.3, 0.4) is 0 Å². The summed E-state index contributed by atoms with van der Waals surface area (Å²) in [6, 6.07) is 0.0818. The van der Waals surface area contributed by atoms with E-state index in [2.05, 4.69) is 15.7 Å². The van der Waals surface area contributed by atoms with Gasteiger partial charge in [0.05, 0.1) is 23.8 Å². The van der Waals surface area contributed by atoms with Crippen LogP contribution in [0.15, 0.2) is 12.3 Å². The summed E-state index contributed by atoms with van der Waals surface area (Å²) in [5, 5.41) is 21.1. The lowest BCUT2D eigenvalue weighted by molar-refractivity contribution is -0.137. The van der Waals surface area contributed by atoms with E-state index in [0.717, 1.165) is 32.1 Å². The smallest absolute Gasteiger partial charge is 0.258 e. The summed E-state index contributed by atoms with van der Waals surface area (Å²) in [6.07, 6.45) is 9.59. The standard InChI is InChI=1S/C25H38N4O4/c1-15(2)14-33-22-19(13-27-29(22)7-6-24(3,4)23(31)26-5)21(30)28-20-17-8-16-9-18(20)12-25(32,10-16)11-17/h6-7,13,15-18,20,32H,8-12,14H2,1-5H3,(H,26,31)(H,28,30). The number of amides is 2. The zero-order valence-corrected chi connectivity index (χ0v) is 20.4. The number of carbonyl (C=O) groups excluding carboxylic acids is 2. The van der Waals surface area contributed by atoms with Gasteiger partial charge in [-0.1, -0.05) is 19.9 Å². The Hall–Kier alpha value is -2.35. The van der Waals surface area contributed by atoms with Gasteiger partial charge in [-0.2, -0.15) is 5.10 Å². The average Bonchev–Trinajstić information content (AvgIpc) is 3.14. The van der Waals surface area contributed by atoms with Crippen molar-refractivity contribution in [1.82, 2.24) is 20.4 Å². The Kier molecular flexibility index (Phi) is 6.33. The van der Waals surface area contributed by atoms with Crippen molar-refractivity contribution in [2.24, 2.45) is 29.1 Å². The molecule has 2 atom stereocenters. The topological polar surface area (TPSA) is 105 Å². The maximum absolute atomic E-state index is 13.4. The van der Waals surface area contributed by atoms with E-state index in [1.807, 2.05) is 27.7 Å². The highest BCUT2D eigenvalue weighted by Gasteiger charge is 2.55. The van der Waals surface area contributed by atoms with E-state index in [0.29, 0.717) is 35.8 Å². The summed E-state index contributed by atoms with van der Waals surface area (Å²) in [4.78, 5) is 25.5. The Labute approximate surface area is 196 Å². The third-order valence-electron chi connectivity index (χ3n) is 7.53. The third kappa shape index (κ3) is 4.81. The molecule has 3 N–H and O–H groups in total. The number of aliphatic hydroxyl groups is 1. The predicted molar refractivity (Wildman–Crippen MR) is 125 cm³/mol. The van der Waals surface area contributed by atoms with E-state index in [4.69, 9.17) is 4.74 Å². The molecule has 5 rings (SSSR count). The highest BCUT2D eigenvalue weighted by atomic mass is 16.5. The molecule has 0 saturated heterocycles. The molecule has 2 unspecified atom stereocenters. The molecule has 4 aliphatic carbocycles. The minimum absolute atomic E-state index is 0.0818. The molecule has 8 nitrogen and oxygen atoms in total. The van der Waals surface area contributed by atoms with Gasteiger partial charge in [0, 0.05) is 19.3 Å². The summed E-state index contributed by atoms with van der Waals surface area (Å²) >= 11 is 0. The van der Waals surface area contributed by atoms with Crippen molar-refractivity contribution in [2.75, 3.05) is 13.7 Å². The fourth-order valence-electron chi connectivity index (χ4n) is 6.10. The molecule has 1 aromatic heterocycles. The number of ether oxygens (including phenoxy) is 1. The van der Waals surface area contributed by atoms with Gasteiger partial charge in [-0.3, -0.25) is 9.59 Å². The molecular weight excluding hydrogens is 420 g/mol. The van der Waals surface area contributed by atoms with Gasteiger partial charge in [0.1, 0.15) is 5.56 Å². The number of nitrogens with zero attached hydrogens (tertiary/aromatic N) is 2. The zero-order chi connectivity index (χ0) is 24.0. The van der Waals surface area contributed by atoms with Gasteiger partial charge >= 0.3 is 0 Å². The van der Waals surface area contributed by atoms with Crippen LogP contribution in [0, 0.1) is 29.1 Å². The van der Waals surface area contributed by atoms with Gasteiger partial charge in [-0.15, -0.1) is 0 Å². The highest BCUT2D eigenvalue weighted by Crippen LogP contribution is 2.55. The van der Waals surface area contributed by atoms with Crippen LogP contribution in [0.2, 0.25) is 0 Å². The summed E-state index contributed by atoms with van der Waals surface area (Å²) < 4.78 is 7.54. The first kappa shape index (κ1) is 23.8. The molecule has 4 fully saturated rings. The lowest BCUT2D eigenvalue weighted by Crippen LogP contribution is -2.61. The van der Waals surface area contributed by atoms with Crippen molar-refractivity contribution in [1.29, 1.82) is 0 Å². The van der Waals surface area contributed by atoms with Gasteiger partial charge in [-0.25, -0.2) is 4.68 Å². The maximum atomic E-state index is 13.4. The SMILES string of the molecule is CNC(=O)C(C)(C)C=Cn1ncc(C(=O)NC2C3CC4CC2CC(O)(C4)C3)c1OCC(C)C. The fraction of sp³-hybridized carbons (Fsp3) is 0.720. The van der Waals surface area contributed by atoms with E-state index >= 15 is 0 Å². The molecule has 8 heteroatoms. The van der Waals surface area contributed by atoms with Crippen LogP contribution in [-0.4, -0.2) is 52.0 Å². The van der Waals surface area contributed by atoms with Gasteiger partial charge in [0.25, 0.3) is 5.91 Å². The van der Waals surface area contributed by atoms with Crippen molar-refractivity contribution in [3.63, 3.8) is 0 Å². The van der Waals surface area contributed by atoms with E-state index in [1.54, 1.807) is 19.3 Å². The molecule has 0 aromatic carbocycles. The van der Waals surface area contributed by atoms with Crippen LogP contribution in [0.25, 0.3) is 6.20 Å². The largest absolute Gasteiger partial charge is 0.477 e. The quantitative estimate of drug-likeness (QED) is 0.556. The second-order valence-corrected chi connectivity index (χ2v) is 11.3. The minimum Gasteiger partial charge on any atom is -0.477 e. The van der Waals surface area contributed by atoms with Crippen LogP contribution in [0.1, 0.15) is 70.2 Å². The van der Waals surface area contributed by atoms with Crippen LogP contribution >= 0.6 is 0 Å². The Balaban J connectivity index is 1.54. The molecule has 1 heterocycles. The van der Waals surface area contributed by atoms with E-state index in [1.165, 1.54) is 10.9 Å². The van der Waals surface area contributed by atoms with E-state index < -0.39 is 11.0 Å². The highest BCUT2D eigenvalue weighted by molar-refractivity contribution is 5.96. The first-order valence-corrected chi connectivity index (χ1v) is 12.2. The molecule has 0 aliphatic heterocycles. The van der Waals surface area contributed by atoms with Crippen molar-refractivity contribution < 1.29 is 19.4 Å². The van der Waals surface area contributed by atoms with Crippen molar-refractivity contribution >= 4 is 18.0 Å². The molecule has 1 aromatic rings. The molecular formula is C25H38N4O4. The first-order valence-electron chi connectivity index (χ1n) is 12.2. The maximum Gasteiger partial charge on any atom is 0.258 e. The summed E-state index contributed by atoms with van der Waals surface area (Å²) in [5.41, 5.74) is -0.874. The van der Waals surface area contributed by atoms with Gasteiger partial charge in [0.2, 0.25) is 11.8 Å². The number of hydrogen-bond acceptors (Lipinski definition) is 5. The summed E-state index contributed by atoms with van der Waals surface area (Å²) in [5.74, 6) is 1.60. The zero-order valence-electron chi connectivity index (χ0n) is 20.4. The second-order valence-electron chi connectivity index (χ2n) is 11.3. The molecule has 0 spiro atoms. The number of nitrogens with one attached hydrogen (secondary N) is 2. The van der Waals surface area contributed by atoms with Gasteiger partial charge in [-0.05, 0) is 69.6 Å². The lowest BCUT2D eigenvalue weighted by atomic mass is 9.52. The first-order chi connectivity index (χ1) is 15.5. The Morgan fingerprint density at radius 2 is 1.97 bits per heavy atom. The van der Waals surface area contributed by atoms with Crippen LogP contribution in [0.5, 0.6) is 5.88 Å². The van der Waals surface area contributed by atoms with Crippen LogP contribution < -0.4 is 15.4 Å². The number of rotatable bonds is 8. The van der Waals surface area contributed by atoms with Gasteiger partial charge < -0.3 is 20.5 Å². The number of aromatic nitrogens is 2. The fourth-order valence-corrected chi connectivity index (χ4v) is 6.10. The van der Waals surface area contributed by atoms with Crippen LogP contribution in [-0.2, 0) is 4.79 Å². The molecule has 33 heavy (non-hydrogen) atoms. The van der Waals surface area contributed by atoms with E-state index in [9.17, 15) is 14.7 Å². The van der Waals surface area contributed by atoms with Crippen molar-refractivity contribution in [2.45, 2.75) is 71.4 Å². The molecule has 4 aliphatic rings. The van der Waals surface area contributed by atoms with E-state index in [-0.39, 0.29) is 23.8 Å². The summed E-state index contributed by atoms with van der Waals surface area (Å²) in [7, 11) is 1.61. The monoisotopic (exact) mass is 458 g/mol. The molecule has 182 valence electrons. The average molecular weight is 459 g/mol. The normalized spacial score (nSPS) is 30.8. The summed E-state index contributed by atoms with van der Waals surface area (Å²) in [6.45, 7) is 8.17. The Bertz CT molecular complexity index is 919. The minimum atomic E-state index is -0.737. The second kappa shape index (κ2) is 8.78. The van der Waals surface area contributed by atoms with Crippen LogP contribution in [0.4, 0.5) is 0 Å². The van der Waals surface area contributed by atoms with Crippen molar-refractivity contribution in [3.05, 3.63) is 17.8 Å².